The maximum absolute atomic E-state index is 15.2. The van der Waals surface area contributed by atoms with Crippen molar-refractivity contribution in [2.24, 2.45) is 5.73 Å². The van der Waals surface area contributed by atoms with Gasteiger partial charge in [0.1, 0.15) is 17.4 Å². The van der Waals surface area contributed by atoms with Crippen LogP contribution < -0.4 is 15.8 Å². The van der Waals surface area contributed by atoms with Gasteiger partial charge in [0.05, 0.1) is 34.3 Å². The lowest BCUT2D eigenvalue weighted by Crippen LogP contribution is -2.66. The van der Waals surface area contributed by atoms with Gasteiger partial charge in [0.15, 0.2) is 5.60 Å². The van der Waals surface area contributed by atoms with E-state index in [2.05, 4.69) is 15.3 Å². The van der Waals surface area contributed by atoms with E-state index in [0.717, 1.165) is 6.07 Å². The number of hydrogen-bond donors (Lipinski definition) is 3. The molecule has 2 atom stereocenters. The maximum Gasteiger partial charge on any atom is 0.417 e. The summed E-state index contributed by atoms with van der Waals surface area (Å²) in [6.45, 7) is -3.11. The van der Waals surface area contributed by atoms with Crippen molar-refractivity contribution in [1.82, 2.24) is 19.9 Å². The van der Waals surface area contributed by atoms with Crippen LogP contribution in [0.25, 0.3) is 22.2 Å². The fraction of sp³-hybridized carbons (Fsp3) is 0.321. The SMILES string of the molecule is NC1(c2ncc(-c3ccc4nc5n(c4c3)[C@H]3C[C@H]5NC(=O)c4cccc(OC(F)F)c43)cc2F)CC(O)(C(F)(F)F)C1. The van der Waals surface area contributed by atoms with Crippen LogP contribution in [0.5, 0.6) is 5.75 Å². The smallest absolute Gasteiger partial charge is 0.417 e. The molecule has 0 saturated heterocycles. The summed E-state index contributed by atoms with van der Waals surface area (Å²) in [6, 6.07) is 9.45. The lowest BCUT2D eigenvalue weighted by Gasteiger charge is -2.51. The predicted molar refractivity (Wildman–Crippen MR) is 135 cm³/mol. The molecule has 2 aromatic carbocycles. The van der Waals surface area contributed by atoms with Gasteiger partial charge in [0.2, 0.25) is 0 Å². The zero-order chi connectivity index (χ0) is 29.8. The Hall–Kier alpha value is -4.17. The van der Waals surface area contributed by atoms with Crippen LogP contribution in [0.15, 0.2) is 48.7 Å². The number of benzene rings is 2. The molecule has 42 heavy (non-hydrogen) atoms. The third-order valence-corrected chi connectivity index (χ3v) is 8.35. The Balaban J connectivity index is 1.28. The average molecular weight is 589 g/mol. The van der Waals surface area contributed by atoms with Crippen LogP contribution in [0.1, 0.15) is 58.8 Å². The molecule has 0 spiro atoms. The number of alkyl halides is 5. The first-order chi connectivity index (χ1) is 19.8. The summed E-state index contributed by atoms with van der Waals surface area (Å²) in [4.78, 5) is 21.6. The molecule has 2 aliphatic heterocycles. The molecule has 4 heterocycles. The Morgan fingerprint density at radius 2 is 1.90 bits per heavy atom. The summed E-state index contributed by atoms with van der Waals surface area (Å²) in [5.74, 6) is -0.962. The second-order valence-electron chi connectivity index (χ2n) is 11.0. The van der Waals surface area contributed by atoms with Gasteiger partial charge in [0, 0.05) is 35.7 Å². The highest BCUT2D eigenvalue weighted by Crippen LogP contribution is 2.54. The summed E-state index contributed by atoms with van der Waals surface area (Å²) >= 11 is 0. The van der Waals surface area contributed by atoms with Crippen LogP contribution in [-0.2, 0) is 5.54 Å². The van der Waals surface area contributed by atoms with Gasteiger partial charge in [-0.3, -0.25) is 9.78 Å². The predicted octanol–water partition coefficient (Wildman–Crippen LogP) is 4.86. The van der Waals surface area contributed by atoms with E-state index in [1.165, 1.54) is 24.4 Å². The standard InChI is InChI=1S/C28H21F6N5O3/c29-15-6-13(9-36-22(15)26(35)10-27(41,11-26)28(32,33)34)12-4-5-16-18(7-12)39-19-8-17(23(39)37-16)38-24(40)14-2-1-3-20(21(14)19)42-25(30)31/h1-7,9,17,19,25,41H,8,10-11,35H2,(H,38,40)/t17-,19+,26?,27?/m1/s1. The molecule has 3 aliphatic rings. The lowest BCUT2D eigenvalue weighted by atomic mass is 9.63. The molecule has 1 saturated carbocycles. The van der Waals surface area contributed by atoms with Gasteiger partial charge in [-0.2, -0.15) is 22.0 Å². The Morgan fingerprint density at radius 3 is 2.60 bits per heavy atom. The summed E-state index contributed by atoms with van der Waals surface area (Å²) in [6.07, 6.45) is -5.11. The van der Waals surface area contributed by atoms with Crippen LogP contribution in [0.3, 0.4) is 0 Å². The topological polar surface area (TPSA) is 115 Å². The summed E-state index contributed by atoms with van der Waals surface area (Å²) < 4.78 is 87.7. The van der Waals surface area contributed by atoms with E-state index in [0.29, 0.717) is 40.0 Å². The van der Waals surface area contributed by atoms with E-state index in [-0.39, 0.29) is 17.0 Å². The third kappa shape index (κ3) is 3.81. The molecule has 2 aromatic heterocycles. The number of carbonyl (C=O) groups excluding carboxylic acids is 1. The number of halogens is 6. The first kappa shape index (κ1) is 26.7. The minimum absolute atomic E-state index is 0.125. The monoisotopic (exact) mass is 589 g/mol. The fourth-order valence-corrected chi connectivity index (χ4v) is 6.51. The Kier molecular flexibility index (Phi) is 5.52. The molecule has 218 valence electrons. The molecule has 0 radical (unpaired) electrons. The largest absolute Gasteiger partial charge is 0.434 e. The molecule has 4 aromatic rings. The number of nitrogens with two attached hydrogens (primary N) is 1. The van der Waals surface area contributed by atoms with E-state index < -0.39 is 60.6 Å². The van der Waals surface area contributed by atoms with Gasteiger partial charge >= 0.3 is 12.8 Å². The summed E-state index contributed by atoms with van der Waals surface area (Å²) in [5, 5.41) is 12.7. The van der Waals surface area contributed by atoms with Gasteiger partial charge in [-0.15, -0.1) is 0 Å². The number of aliphatic hydroxyl groups is 1. The average Bonchev–Trinajstić information content (AvgIpc) is 3.38. The molecule has 14 heteroatoms. The van der Waals surface area contributed by atoms with Crippen molar-refractivity contribution in [3.63, 3.8) is 0 Å². The zero-order valence-corrected chi connectivity index (χ0v) is 21.4. The zero-order valence-electron chi connectivity index (χ0n) is 21.4. The van der Waals surface area contributed by atoms with Crippen molar-refractivity contribution in [1.29, 1.82) is 0 Å². The van der Waals surface area contributed by atoms with Crippen LogP contribution in [0, 0.1) is 5.82 Å². The van der Waals surface area contributed by atoms with E-state index in [1.807, 2.05) is 4.57 Å². The molecule has 1 aliphatic carbocycles. The van der Waals surface area contributed by atoms with Gasteiger partial charge < -0.3 is 25.5 Å². The van der Waals surface area contributed by atoms with Crippen LogP contribution in [0.2, 0.25) is 0 Å². The van der Waals surface area contributed by atoms with Crippen molar-refractivity contribution in [3.8, 4) is 16.9 Å². The van der Waals surface area contributed by atoms with Crippen molar-refractivity contribution in [2.45, 2.75) is 55.3 Å². The van der Waals surface area contributed by atoms with Crippen LogP contribution in [-0.4, -0.2) is 43.9 Å². The normalized spacial score (nSPS) is 26.5. The van der Waals surface area contributed by atoms with E-state index in [1.54, 1.807) is 18.2 Å². The van der Waals surface area contributed by atoms with Gasteiger partial charge in [0.25, 0.3) is 5.91 Å². The number of ether oxygens (including phenoxy) is 1. The van der Waals surface area contributed by atoms with E-state index >= 15 is 4.39 Å². The van der Waals surface area contributed by atoms with Crippen molar-refractivity contribution < 1.29 is 41.0 Å². The molecule has 2 bridgehead atoms. The second kappa shape index (κ2) is 8.67. The van der Waals surface area contributed by atoms with Gasteiger partial charge in [-0.05, 0) is 42.3 Å². The molecule has 7 rings (SSSR count). The quantitative estimate of drug-likeness (QED) is 0.293. The molecular formula is C28H21F6N5O3. The number of fused-ring (bicyclic) bond motifs is 9. The number of hydrogen-bond acceptors (Lipinski definition) is 6. The number of aromatic nitrogens is 3. The number of imidazole rings is 1. The minimum Gasteiger partial charge on any atom is -0.434 e. The first-order valence-corrected chi connectivity index (χ1v) is 12.9. The molecule has 4 N–H and O–H groups in total. The van der Waals surface area contributed by atoms with Crippen LogP contribution in [0.4, 0.5) is 26.3 Å². The summed E-state index contributed by atoms with van der Waals surface area (Å²) in [5.41, 5.74) is 3.26. The molecule has 8 nitrogen and oxygen atoms in total. The Labute approximate surface area is 233 Å². The molecule has 1 amide bonds. The second-order valence-corrected chi connectivity index (χ2v) is 11.0. The van der Waals surface area contributed by atoms with Gasteiger partial charge in [-0.25, -0.2) is 9.37 Å². The van der Waals surface area contributed by atoms with Crippen molar-refractivity contribution >= 4 is 16.9 Å². The number of carbonyl (C=O) groups is 1. The number of amides is 1. The van der Waals surface area contributed by atoms with Crippen molar-refractivity contribution in [2.75, 3.05) is 0 Å². The number of nitrogens with zero attached hydrogens (tertiary/aromatic N) is 3. The molecule has 0 unspecified atom stereocenters. The summed E-state index contributed by atoms with van der Waals surface area (Å²) in [7, 11) is 0. The maximum atomic E-state index is 15.2. The lowest BCUT2D eigenvalue weighted by molar-refractivity contribution is -0.304. The number of rotatable bonds is 4. The van der Waals surface area contributed by atoms with E-state index in [4.69, 9.17) is 10.5 Å². The number of nitrogens with one attached hydrogen (secondary N) is 1. The third-order valence-electron chi connectivity index (χ3n) is 8.35. The minimum atomic E-state index is -4.90. The highest BCUT2D eigenvalue weighted by atomic mass is 19.4. The Morgan fingerprint density at radius 1 is 1.14 bits per heavy atom. The van der Waals surface area contributed by atoms with Crippen LogP contribution >= 0.6 is 0 Å². The fourth-order valence-electron chi connectivity index (χ4n) is 6.51. The van der Waals surface area contributed by atoms with Crippen molar-refractivity contribution in [3.05, 3.63) is 77.1 Å². The molecular weight excluding hydrogens is 568 g/mol. The van der Waals surface area contributed by atoms with E-state index in [9.17, 15) is 31.9 Å². The highest BCUT2D eigenvalue weighted by Gasteiger charge is 2.67. The number of pyridine rings is 1. The highest BCUT2D eigenvalue weighted by molar-refractivity contribution is 5.98. The first-order valence-electron chi connectivity index (χ1n) is 12.9. The Bertz CT molecular complexity index is 1780. The molecule has 1 fully saturated rings. The van der Waals surface area contributed by atoms with Gasteiger partial charge in [-0.1, -0.05) is 12.1 Å².